The van der Waals surface area contributed by atoms with Gasteiger partial charge in [-0.1, -0.05) is 12.1 Å². The molecule has 1 aliphatic heterocycles. The smallest absolute Gasteiger partial charge is 0.268 e. The van der Waals surface area contributed by atoms with E-state index in [4.69, 9.17) is 5.26 Å². The van der Waals surface area contributed by atoms with E-state index in [9.17, 15) is 18.4 Å². The van der Waals surface area contributed by atoms with Gasteiger partial charge < -0.3 is 4.90 Å². The number of hydrogen-bond donors (Lipinski definition) is 0. The third-order valence-corrected chi connectivity index (χ3v) is 5.82. The van der Waals surface area contributed by atoms with Crippen LogP contribution < -0.4 is 0 Å². The number of aromatic nitrogens is 2. The molecule has 3 aromatic rings. The summed E-state index contributed by atoms with van der Waals surface area (Å²) < 4.78 is 27.3. The molecule has 3 heterocycles. The molecule has 0 saturated carbocycles. The minimum Gasteiger partial charge on any atom is -0.320 e. The molecule has 1 amide bonds. The van der Waals surface area contributed by atoms with Crippen molar-refractivity contribution in [1.82, 2.24) is 14.9 Å². The van der Waals surface area contributed by atoms with Gasteiger partial charge in [0.15, 0.2) is 5.78 Å². The van der Waals surface area contributed by atoms with Crippen LogP contribution in [0, 0.1) is 11.3 Å². The predicted octanol–water partition coefficient (Wildman–Crippen LogP) is 4.91. The fourth-order valence-electron chi connectivity index (χ4n) is 4.11. The van der Waals surface area contributed by atoms with Crippen LogP contribution in [0.2, 0.25) is 0 Å². The van der Waals surface area contributed by atoms with Gasteiger partial charge in [-0.05, 0) is 54.5 Å². The van der Waals surface area contributed by atoms with E-state index in [1.54, 1.807) is 18.3 Å². The maximum Gasteiger partial charge on any atom is 0.268 e. The van der Waals surface area contributed by atoms with Gasteiger partial charge >= 0.3 is 0 Å². The number of nitriles is 1. The van der Waals surface area contributed by atoms with Gasteiger partial charge in [-0.15, -0.1) is 0 Å². The minimum atomic E-state index is -3.08. The molecule has 34 heavy (non-hydrogen) atoms. The van der Waals surface area contributed by atoms with Gasteiger partial charge in [-0.2, -0.15) is 5.26 Å². The number of amides is 1. The number of carbonyl (C=O) groups excluding carboxylic acids is 2. The molecule has 1 atom stereocenters. The van der Waals surface area contributed by atoms with Crippen LogP contribution in [0.4, 0.5) is 8.78 Å². The Kier molecular flexibility index (Phi) is 6.46. The van der Waals surface area contributed by atoms with Crippen molar-refractivity contribution in [1.29, 1.82) is 5.26 Å². The van der Waals surface area contributed by atoms with Crippen LogP contribution in [0.1, 0.15) is 47.8 Å². The molecule has 0 unspecified atom stereocenters. The summed E-state index contributed by atoms with van der Waals surface area (Å²) in [6, 6.07) is 13.4. The molecule has 1 aliphatic rings. The van der Waals surface area contributed by atoms with Crippen LogP contribution in [0.15, 0.2) is 54.9 Å². The monoisotopic (exact) mass is 460 g/mol. The van der Waals surface area contributed by atoms with Gasteiger partial charge in [-0.25, -0.2) is 8.78 Å². The van der Waals surface area contributed by atoms with Gasteiger partial charge in [0, 0.05) is 42.6 Å². The van der Waals surface area contributed by atoms with Crippen molar-refractivity contribution in [2.45, 2.75) is 38.2 Å². The number of allylic oxidation sites excluding steroid dienone is 1. The average molecular weight is 460 g/mol. The number of alkyl halides is 2. The van der Waals surface area contributed by atoms with E-state index in [1.807, 2.05) is 49.4 Å². The number of halogens is 2. The molecule has 8 heteroatoms. The molecule has 1 saturated heterocycles. The Morgan fingerprint density at radius 2 is 2.00 bits per heavy atom. The molecule has 0 N–H and O–H groups in total. The van der Waals surface area contributed by atoms with Gasteiger partial charge in [-0.3, -0.25) is 19.6 Å². The summed E-state index contributed by atoms with van der Waals surface area (Å²) in [6.45, 7) is 1.16. The molecule has 6 nitrogen and oxygen atoms in total. The second kappa shape index (κ2) is 9.48. The maximum absolute atomic E-state index is 13.6. The van der Waals surface area contributed by atoms with E-state index >= 15 is 0 Å². The average Bonchev–Trinajstić information content (AvgIpc) is 3.17. The second-order valence-corrected chi connectivity index (χ2v) is 8.33. The van der Waals surface area contributed by atoms with E-state index in [0.29, 0.717) is 16.5 Å². The van der Waals surface area contributed by atoms with Crippen molar-refractivity contribution in [2.75, 3.05) is 6.54 Å². The summed E-state index contributed by atoms with van der Waals surface area (Å²) in [5, 5.41) is 9.74. The van der Waals surface area contributed by atoms with Crippen LogP contribution in [0.25, 0.3) is 22.6 Å². The lowest BCUT2D eigenvalue weighted by Gasteiger charge is -2.18. The number of fused-ring (bicyclic) bond motifs is 1. The number of nitrogens with zero attached hydrogens (tertiary/aromatic N) is 4. The van der Waals surface area contributed by atoms with E-state index in [0.717, 1.165) is 21.7 Å². The lowest BCUT2D eigenvalue weighted by Crippen LogP contribution is -2.36. The fourth-order valence-corrected chi connectivity index (χ4v) is 4.11. The molecular weight excluding hydrogens is 438 g/mol. The number of Topliss-reactive ketones (excluding diaryl/α,β-unsaturated/α-hetero) is 1. The van der Waals surface area contributed by atoms with Crippen LogP contribution in [-0.4, -0.2) is 45.1 Å². The Hall–Kier alpha value is -3.99. The summed E-state index contributed by atoms with van der Waals surface area (Å²) in [5.41, 5.74) is 3.70. The number of ketones is 1. The van der Waals surface area contributed by atoms with Crippen molar-refractivity contribution in [2.24, 2.45) is 0 Å². The Balaban J connectivity index is 1.53. The first-order valence-electron chi connectivity index (χ1n) is 10.9. The third-order valence-electron chi connectivity index (χ3n) is 5.82. The highest BCUT2D eigenvalue weighted by molar-refractivity contribution is 6.08. The molecule has 0 bridgehead atoms. The summed E-state index contributed by atoms with van der Waals surface area (Å²) in [6.07, 6.45) is 4.14. The minimum absolute atomic E-state index is 0.148. The molecule has 172 valence electrons. The molecule has 0 aliphatic carbocycles. The van der Waals surface area contributed by atoms with E-state index in [2.05, 4.69) is 9.97 Å². The molecule has 4 rings (SSSR count). The Morgan fingerprint density at radius 1 is 1.18 bits per heavy atom. The number of hydrogen-bond acceptors (Lipinski definition) is 5. The lowest BCUT2D eigenvalue weighted by molar-refractivity contribution is -0.132. The highest BCUT2D eigenvalue weighted by atomic mass is 19.3. The summed E-state index contributed by atoms with van der Waals surface area (Å²) in [7, 11) is 0. The van der Waals surface area contributed by atoms with Gasteiger partial charge in [0.25, 0.3) is 5.92 Å². The normalized spacial score (nSPS) is 17.5. The highest BCUT2D eigenvalue weighted by Gasteiger charge is 2.47. The highest BCUT2D eigenvalue weighted by Crippen LogP contribution is 2.32. The largest absolute Gasteiger partial charge is 0.320 e. The molecule has 2 aromatic heterocycles. The number of benzene rings is 1. The summed E-state index contributed by atoms with van der Waals surface area (Å²) in [5.74, 6) is -3.99. The molecule has 0 spiro atoms. The molecule has 1 aromatic carbocycles. The third kappa shape index (κ3) is 4.99. The number of pyridine rings is 2. The summed E-state index contributed by atoms with van der Waals surface area (Å²) >= 11 is 0. The van der Waals surface area contributed by atoms with Crippen LogP contribution in [0.5, 0.6) is 0 Å². The predicted molar refractivity (Wildman–Crippen MR) is 124 cm³/mol. The van der Waals surface area contributed by atoms with Gasteiger partial charge in [0.2, 0.25) is 5.91 Å². The van der Waals surface area contributed by atoms with Crippen LogP contribution in [0.3, 0.4) is 0 Å². The molecule has 1 fully saturated rings. The van der Waals surface area contributed by atoms with Crippen molar-refractivity contribution in [3.8, 4) is 6.07 Å². The van der Waals surface area contributed by atoms with Crippen LogP contribution >= 0.6 is 0 Å². The van der Waals surface area contributed by atoms with Gasteiger partial charge in [0.1, 0.15) is 6.04 Å². The van der Waals surface area contributed by atoms with Crippen molar-refractivity contribution in [3.63, 3.8) is 0 Å². The van der Waals surface area contributed by atoms with E-state index < -0.39 is 30.8 Å². The van der Waals surface area contributed by atoms with Crippen LogP contribution in [-0.2, 0) is 4.79 Å². The van der Waals surface area contributed by atoms with Crippen molar-refractivity contribution < 1.29 is 18.4 Å². The zero-order valence-electron chi connectivity index (χ0n) is 18.5. The Morgan fingerprint density at radius 3 is 2.74 bits per heavy atom. The van der Waals surface area contributed by atoms with Gasteiger partial charge in [0.05, 0.1) is 23.8 Å². The maximum atomic E-state index is 13.6. The number of carbonyl (C=O) groups is 2. The van der Waals surface area contributed by atoms with Crippen molar-refractivity contribution >= 4 is 34.2 Å². The zero-order valence-corrected chi connectivity index (χ0v) is 18.5. The molecular formula is C26H22F2N4O2. The van der Waals surface area contributed by atoms with E-state index in [1.165, 1.54) is 6.20 Å². The second-order valence-electron chi connectivity index (χ2n) is 8.33. The zero-order chi connectivity index (χ0) is 24.3. The van der Waals surface area contributed by atoms with E-state index in [-0.39, 0.29) is 18.6 Å². The number of rotatable bonds is 6. The molecule has 0 radical (unpaired) electrons. The Labute approximate surface area is 195 Å². The topological polar surface area (TPSA) is 87.0 Å². The lowest BCUT2D eigenvalue weighted by atomic mass is 9.99. The Bertz CT molecular complexity index is 1320. The quantitative estimate of drug-likeness (QED) is 0.488. The summed E-state index contributed by atoms with van der Waals surface area (Å²) in [4.78, 5) is 35.0. The first-order chi connectivity index (χ1) is 16.3. The first kappa shape index (κ1) is 23.2. The SMILES string of the molecule is C/C(=C\c1ccc2nccc(C(=O)CCC(=O)N3CC(F)(F)C[C@H]3C#N)c2c1)c1ccccn1. The number of likely N-dealkylation sites (tertiary alicyclic amines) is 1. The fraction of sp³-hybridized carbons (Fsp3) is 0.269. The standard InChI is InChI=1S/C26H22F2N4O2/c1-17(22-4-2-3-10-30-22)12-18-5-6-23-21(13-18)20(9-11-31-23)24(33)7-8-25(34)32-16-26(27,28)14-19(32)15-29/h2-6,9-13,19H,7-8,14,16H2,1H3/b17-12+/t19-/m0/s1. The van der Waals surface area contributed by atoms with Crippen molar-refractivity contribution in [3.05, 3.63) is 71.7 Å². The first-order valence-corrected chi connectivity index (χ1v) is 10.9.